The van der Waals surface area contributed by atoms with E-state index in [2.05, 4.69) is 10.5 Å². The van der Waals surface area contributed by atoms with Gasteiger partial charge >= 0.3 is 6.18 Å². The molecule has 0 saturated heterocycles. The molecule has 2 nitrogen and oxygen atoms in total. The lowest BCUT2D eigenvalue weighted by atomic mass is 10.2. The predicted molar refractivity (Wildman–Crippen MR) is 74.0 cm³/mol. The number of hydrazone groups is 1. The van der Waals surface area contributed by atoms with Crippen molar-refractivity contribution < 1.29 is 22.0 Å². The molecular formula is C14H8ClF5N2. The molecule has 2 aromatic rings. The first-order valence-corrected chi connectivity index (χ1v) is 6.26. The standard InChI is InChI=1S/C14H8ClF5N2/c15-11-4-2-9(14(18,19)20)5-13(11)22-21-7-8-1-3-10(16)6-12(8)17/h1-7,22H/b21-7+. The second-order valence-corrected chi connectivity index (χ2v) is 4.64. The van der Waals surface area contributed by atoms with Gasteiger partial charge in [-0.05, 0) is 30.3 Å². The van der Waals surface area contributed by atoms with E-state index in [4.69, 9.17) is 11.6 Å². The summed E-state index contributed by atoms with van der Waals surface area (Å²) in [7, 11) is 0. The van der Waals surface area contributed by atoms with Crippen molar-refractivity contribution in [2.45, 2.75) is 6.18 Å². The van der Waals surface area contributed by atoms with Gasteiger partial charge in [0.15, 0.2) is 0 Å². The van der Waals surface area contributed by atoms with Gasteiger partial charge in [0.05, 0.1) is 22.5 Å². The van der Waals surface area contributed by atoms with Crippen LogP contribution in [-0.2, 0) is 6.18 Å². The summed E-state index contributed by atoms with van der Waals surface area (Å²) in [5, 5.41) is 3.62. The summed E-state index contributed by atoms with van der Waals surface area (Å²) >= 11 is 5.75. The van der Waals surface area contributed by atoms with Crippen LogP contribution >= 0.6 is 11.6 Å². The highest BCUT2D eigenvalue weighted by Crippen LogP contribution is 2.33. The maximum atomic E-state index is 13.3. The Balaban J connectivity index is 2.19. The van der Waals surface area contributed by atoms with Crippen LogP contribution in [0.15, 0.2) is 41.5 Å². The SMILES string of the molecule is Fc1ccc(/C=N/Nc2cc(C(F)(F)F)ccc2Cl)c(F)c1. The Morgan fingerprint density at radius 1 is 1.05 bits per heavy atom. The highest BCUT2D eigenvalue weighted by atomic mass is 35.5. The van der Waals surface area contributed by atoms with Gasteiger partial charge in [-0.1, -0.05) is 11.6 Å². The summed E-state index contributed by atoms with van der Waals surface area (Å²) in [6.07, 6.45) is -3.51. The molecule has 8 heteroatoms. The highest BCUT2D eigenvalue weighted by Gasteiger charge is 2.30. The highest BCUT2D eigenvalue weighted by molar-refractivity contribution is 6.33. The number of nitrogens with zero attached hydrogens (tertiary/aromatic N) is 1. The van der Waals surface area contributed by atoms with Gasteiger partial charge in [-0.15, -0.1) is 0 Å². The van der Waals surface area contributed by atoms with E-state index in [1.165, 1.54) is 0 Å². The van der Waals surface area contributed by atoms with Crippen molar-refractivity contribution in [1.29, 1.82) is 0 Å². The number of halogens is 6. The topological polar surface area (TPSA) is 24.4 Å². The number of benzene rings is 2. The second-order valence-electron chi connectivity index (χ2n) is 4.23. The zero-order valence-corrected chi connectivity index (χ0v) is 11.5. The second kappa shape index (κ2) is 6.31. The summed E-state index contributed by atoms with van der Waals surface area (Å²) < 4.78 is 63.8. The molecule has 0 fully saturated rings. The van der Waals surface area contributed by atoms with Crippen LogP contribution in [0.25, 0.3) is 0 Å². The monoisotopic (exact) mass is 334 g/mol. The van der Waals surface area contributed by atoms with E-state index in [1.54, 1.807) is 0 Å². The van der Waals surface area contributed by atoms with Crippen LogP contribution in [0.2, 0.25) is 5.02 Å². The molecule has 0 spiro atoms. The van der Waals surface area contributed by atoms with E-state index in [0.717, 1.165) is 36.5 Å². The minimum atomic E-state index is -4.52. The Kier molecular flexibility index (Phi) is 4.65. The number of rotatable bonds is 3. The largest absolute Gasteiger partial charge is 0.416 e. The number of anilines is 1. The molecular weight excluding hydrogens is 327 g/mol. The van der Waals surface area contributed by atoms with Crippen LogP contribution in [-0.4, -0.2) is 6.21 Å². The van der Waals surface area contributed by atoms with Gasteiger partial charge in [0.1, 0.15) is 11.6 Å². The van der Waals surface area contributed by atoms with E-state index in [9.17, 15) is 22.0 Å². The molecule has 0 aliphatic carbocycles. The number of hydrogen-bond donors (Lipinski definition) is 1. The van der Waals surface area contributed by atoms with Crippen molar-refractivity contribution in [3.63, 3.8) is 0 Å². The van der Waals surface area contributed by atoms with Crippen molar-refractivity contribution in [2.75, 3.05) is 5.43 Å². The Morgan fingerprint density at radius 2 is 1.77 bits per heavy atom. The molecule has 0 saturated carbocycles. The van der Waals surface area contributed by atoms with E-state index < -0.39 is 23.4 Å². The molecule has 2 rings (SSSR count). The normalized spacial score (nSPS) is 11.9. The molecule has 1 N–H and O–H groups in total. The van der Waals surface area contributed by atoms with Gasteiger partial charge in [-0.3, -0.25) is 5.43 Å². The Labute approximate surface area is 127 Å². The smallest absolute Gasteiger partial charge is 0.277 e. The number of alkyl halides is 3. The van der Waals surface area contributed by atoms with Crippen LogP contribution in [0.5, 0.6) is 0 Å². The molecule has 22 heavy (non-hydrogen) atoms. The van der Waals surface area contributed by atoms with Crippen LogP contribution < -0.4 is 5.43 Å². The first kappa shape index (κ1) is 16.2. The first-order chi connectivity index (χ1) is 10.3. The van der Waals surface area contributed by atoms with Gasteiger partial charge < -0.3 is 0 Å². The summed E-state index contributed by atoms with van der Waals surface area (Å²) in [4.78, 5) is 0. The van der Waals surface area contributed by atoms with Crippen molar-refractivity contribution in [1.82, 2.24) is 0 Å². The molecule has 0 unspecified atom stereocenters. The van der Waals surface area contributed by atoms with Crippen molar-refractivity contribution in [2.24, 2.45) is 5.10 Å². The minimum absolute atomic E-state index is 0.0183. The first-order valence-electron chi connectivity index (χ1n) is 5.88. The van der Waals surface area contributed by atoms with E-state index in [0.29, 0.717) is 6.07 Å². The molecule has 0 atom stereocenters. The molecule has 0 amide bonds. The number of nitrogens with one attached hydrogen (secondary N) is 1. The summed E-state index contributed by atoms with van der Waals surface area (Å²) in [6, 6.07) is 5.52. The van der Waals surface area contributed by atoms with Crippen LogP contribution in [0.4, 0.5) is 27.6 Å². The van der Waals surface area contributed by atoms with E-state index in [-0.39, 0.29) is 16.3 Å². The van der Waals surface area contributed by atoms with Crippen LogP contribution in [0, 0.1) is 11.6 Å². The third kappa shape index (κ3) is 3.94. The van der Waals surface area contributed by atoms with Crippen LogP contribution in [0.1, 0.15) is 11.1 Å². The van der Waals surface area contributed by atoms with Gasteiger partial charge in [0.2, 0.25) is 0 Å². The lowest BCUT2D eigenvalue weighted by Crippen LogP contribution is -2.05. The molecule has 0 bridgehead atoms. The van der Waals surface area contributed by atoms with Crippen LogP contribution in [0.3, 0.4) is 0 Å². The fourth-order valence-corrected chi connectivity index (χ4v) is 1.72. The van der Waals surface area contributed by atoms with Gasteiger partial charge in [0.25, 0.3) is 0 Å². The average molecular weight is 335 g/mol. The van der Waals surface area contributed by atoms with E-state index >= 15 is 0 Å². The fraction of sp³-hybridized carbons (Fsp3) is 0.0714. The zero-order valence-electron chi connectivity index (χ0n) is 10.8. The van der Waals surface area contributed by atoms with Gasteiger partial charge in [-0.2, -0.15) is 18.3 Å². The van der Waals surface area contributed by atoms with Gasteiger partial charge in [-0.25, -0.2) is 8.78 Å². The molecule has 2 aromatic carbocycles. The van der Waals surface area contributed by atoms with Crippen molar-refractivity contribution >= 4 is 23.5 Å². The zero-order chi connectivity index (χ0) is 16.3. The molecule has 0 heterocycles. The third-order valence-corrected chi connectivity index (χ3v) is 2.97. The van der Waals surface area contributed by atoms with Crippen molar-refractivity contribution in [3.05, 3.63) is 64.2 Å². The maximum Gasteiger partial charge on any atom is 0.416 e. The Morgan fingerprint density at radius 3 is 2.41 bits per heavy atom. The quantitative estimate of drug-likeness (QED) is 0.472. The number of hydrogen-bond acceptors (Lipinski definition) is 2. The lowest BCUT2D eigenvalue weighted by molar-refractivity contribution is -0.137. The Bertz CT molecular complexity index is 713. The molecule has 116 valence electrons. The predicted octanol–water partition coefficient (Wildman–Crippen LogP) is 5.08. The lowest BCUT2D eigenvalue weighted by Gasteiger charge is -2.09. The average Bonchev–Trinajstić information content (AvgIpc) is 2.42. The summed E-state index contributed by atoms with van der Waals surface area (Å²) in [5.74, 6) is -1.59. The maximum absolute atomic E-state index is 13.3. The molecule has 0 aromatic heterocycles. The van der Waals surface area contributed by atoms with Crippen molar-refractivity contribution in [3.8, 4) is 0 Å². The minimum Gasteiger partial charge on any atom is -0.277 e. The Hall–Kier alpha value is -2.15. The third-order valence-electron chi connectivity index (χ3n) is 2.64. The fourth-order valence-electron chi connectivity index (χ4n) is 1.56. The summed E-state index contributed by atoms with van der Waals surface area (Å²) in [6.45, 7) is 0. The molecule has 0 aliphatic rings. The summed E-state index contributed by atoms with van der Waals surface area (Å²) in [5.41, 5.74) is 1.27. The van der Waals surface area contributed by atoms with E-state index in [1.807, 2.05) is 0 Å². The van der Waals surface area contributed by atoms with Gasteiger partial charge in [0, 0.05) is 11.6 Å². The molecule has 0 radical (unpaired) electrons. The molecule has 0 aliphatic heterocycles.